The first-order valence-corrected chi connectivity index (χ1v) is 11.3. The van der Waals surface area contributed by atoms with Crippen molar-refractivity contribution in [1.82, 2.24) is 21.3 Å². The maximum absolute atomic E-state index is 13.1. The average Bonchev–Trinajstić information content (AvgIpc) is 2.84. The normalized spacial score (nSPS) is 11.4. The van der Waals surface area contributed by atoms with Gasteiger partial charge in [0.1, 0.15) is 0 Å². The maximum atomic E-state index is 13.1. The first-order chi connectivity index (χ1) is 17.1. The zero-order valence-electron chi connectivity index (χ0n) is 20.1. The van der Waals surface area contributed by atoms with Crippen molar-refractivity contribution in [1.29, 1.82) is 0 Å². The predicted octanol–water partition coefficient (Wildman–Crippen LogP) is -0.890. The lowest BCUT2D eigenvalue weighted by atomic mass is 9.91. The molecule has 0 rings (SSSR count). The molecule has 0 aliphatic heterocycles. The fourth-order valence-corrected chi connectivity index (χ4v) is 3.03. The van der Waals surface area contributed by atoms with Crippen LogP contribution in [0.15, 0.2) is 0 Å². The Morgan fingerprint density at radius 3 is 1.75 bits per heavy atom. The molecule has 0 unspecified atom stereocenters. The van der Waals surface area contributed by atoms with Crippen molar-refractivity contribution >= 4 is 35.4 Å². The third-order valence-corrected chi connectivity index (χ3v) is 4.86. The van der Waals surface area contributed by atoms with Crippen LogP contribution < -0.4 is 21.3 Å². The highest BCUT2D eigenvalue weighted by Crippen LogP contribution is 2.16. The number of carboxylic acids is 1. The third-order valence-electron chi connectivity index (χ3n) is 4.86. The van der Waals surface area contributed by atoms with Gasteiger partial charge in [0.05, 0.1) is 25.7 Å². The second-order valence-corrected chi connectivity index (χ2v) is 7.70. The summed E-state index contributed by atoms with van der Waals surface area (Å²) in [7, 11) is 0. The minimum atomic E-state index is -1.11. The lowest BCUT2D eigenvalue weighted by Gasteiger charge is -2.21. The van der Waals surface area contributed by atoms with E-state index in [0.717, 1.165) is 0 Å². The van der Waals surface area contributed by atoms with Crippen LogP contribution in [0.25, 0.3) is 0 Å². The predicted molar refractivity (Wildman–Crippen MR) is 131 cm³/mol. The number of amides is 4. The Kier molecular flexibility index (Phi) is 16.8. The van der Waals surface area contributed by atoms with Gasteiger partial charge < -0.3 is 26.4 Å². The van der Waals surface area contributed by atoms with Crippen molar-refractivity contribution in [3.05, 3.63) is 0 Å². The number of ketones is 1. The van der Waals surface area contributed by atoms with E-state index in [-0.39, 0.29) is 71.0 Å². The van der Waals surface area contributed by atoms with E-state index in [2.05, 4.69) is 39.0 Å². The topological polar surface area (TPSA) is 171 Å². The molecule has 11 heteroatoms. The standard InChI is InChI=1S/C25H32N4O7/c1-4-14-26-21(31)12-10-18(25(36)28-16-6-3)17-20(30)19(11-13-22(32)27-15-5-2)29-23(33)8-7-9-24(34)35/h1-3,18-19H,7-17H2,(H,26,31)(H,27,32)(H,28,36)(H,29,33)(H,34,35)/t18-,19-/m0/s1. The molecule has 0 fully saturated rings. The molecule has 2 atom stereocenters. The summed E-state index contributed by atoms with van der Waals surface area (Å²) < 4.78 is 0. The lowest BCUT2D eigenvalue weighted by Crippen LogP contribution is -2.43. The van der Waals surface area contributed by atoms with E-state index in [1.165, 1.54) is 0 Å². The van der Waals surface area contributed by atoms with E-state index >= 15 is 0 Å². The summed E-state index contributed by atoms with van der Waals surface area (Å²) in [5.74, 6) is 2.29. The second-order valence-electron chi connectivity index (χ2n) is 7.70. The van der Waals surface area contributed by atoms with Crippen LogP contribution in [0.4, 0.5) is 0 Å². The molecule has 0 heterocycles. The highest BCUT2D eigenvalue weighted by molar-refractivity contribution is 5.93. The molecule has 0 bridgehead atoms. The van der Waals surface area contributed by atoms with Gasteiger partial charge in [-0.1, -0.05) is 17.8 Å². The Bertz CT molecular complexity index is 924. The van der Waals surface area contributed by atoms with Crippen molar-refractivity contribution < 1.29 is 33.9 Å². The summed E-state index contributed by atoms with van der Waals surface area (Å²) in [6.45, 7) is -0.0620. The number of hydrogen-bond donors (Lipinski definition) is 5. The number of carbonyl (C=O) groups excluding carboxylic acids is 5. The molecule has 0 aromatic rings. The first kappa shape index (κ1) is 31.7. The van der Waals surface area contributed by atoms with Gasteiger partial charge in [-0.05, 0) is 19.3 Å². The number of carboxylic acid groups (broad SMARTS) is 1. The summed E-state index contributed by atoms with van der Waals surface area (Å²) in [6, 6.07) is -1.11. The van der Waals surface area contributed by atoms with Crippen LogP contribution in [-0.2, 0) is 28.8 Å². The molecule has 0 spiro atoms. The van der Waals surface area contributed by atoms with Crippen LogP contribution in [0.5, 0.6) is 0 Å². The maximum Gasteiger partial charge on any atom is 0.303 e. The number of hydrogen-bond acceptors (Lipinski definition) is 6. The largest absolute Gasteiger partial charge is 0.481 e. The number of carbonyl (C=O) groups is 6. The molecule has 11 nitrogen and oxygen atoms in total. The van der Waals surface area contributed by atoms with Gasteiger partial charge in [-0.15, -0.1) is 19.3 Å². The molecule has 194 valence electrons. The minimum absolute atomic E-state index is 0.00183. The summed E-state index contributed by atoms with van der Waals surface area (Å²) in [5.41, 5.74) is 0. The SMILES string of the molecule is C#CCNC(=O)CC[C@@H](CC(=O)[C@H](CCC(=O)NCC#C)NC(=O)CCCC(=O)O)C(=O)NCC#C. The summed E-state index contributed by atoms with van der Waals surface area (Å²) in [4.78, 5) is 72.4. The van der Waals surface area contributed by atoms with Crippen LogP contribution in [0.1, 0.15) is 51.4 Å². The number of terminal acetylenes is 3. The average molecular weight is 501 g/mol. The van der Waals surface area contributed by atoms with Gasteiger partial charge in [-0.3, -0.25) is 28.8 Å². The molecule has 0 aromatic heterocycles. The van der Waals surface area contributed by atoms with Crippen molar-refractivity contribution in [3.63, 3.8) is 0 Å². The molecule has 0 saturated carbocycles. The van der Waals surface area contributed by atoms with Crippen molar-refractivity contribution in [3.8, 4) is 37.0 Å². The Morgan fingerprint density at radius 2 is 1.22 bits per heavy atom. The van der Waals surface area contributed by atoms with Crippen LogP contribution in [-0.4, -0.2) is 66.2 Å². The quantitative estimate of drug-likeness (QED) is 0.152. The molecule has 5 N–H and O–H groups in total. The van der Waals surface area contributed by atoms with E-state index < -0.39 is 47.3 Å². The van der Waals surface area contributed by atoms with E-state index in [1.807, 2.05) is 0 Å². The zero-order valence-corrected chi connectivity index (χ0v) is 20.1. The summed E-state index contributed by atoms with van der Waals surface area (Å²) >= 11 is 0. The molecule has 0 aromatic carbocycles. The Balaban J connectivity index is 5.40. The fourth-order valence-electron chi connectivity index (χ4n) is 3.03. The first-order valence-electron chi connectivity index (χ1n) is 11.3. The summed E-state index contributed by atoms with van der Waals surface area (Å²) in [5, 5.41) is 18.6. The van der Waals surface area contributed by atoms with Crippen LogP contribution in [0, 0.1) is 42.9 Å². The molecule has 0 saturated heterocycles. The van der Waals surface area contributed by atoms with Crippen LogP contribution in [0.3, 0.4) is 0 Å². The Morgan fingerprint density at radius 1 is 0.694 bits per heavy atom. The highest BCUT2D eigenvalue weighted by Gasteiger charge is 2.28. The molecule has 36 heavy (non-hydrogen) atoms. The molecule has 0 aliphatic rings. The van der Waals surface area contributed by atoms with E-state index in [9.17, 15) is 28.8 Å². The molecule has 0 aliphatic carbocycles. The van der Waals surface area contributed by atoms with Gasteiger partial charge in [0.15, 0.2) is 5.78 Å². The van der Waals surface area contributed by atoms with Gasteiger partial charge in [-0.25, -0.2) is 0 Å². The molecular formula is C25H32N4O7. The van der Waals surface area contributed by atoms with Gasteiger partial charge in [0, 0.05) is 38.0 Å². The van der Waals surface area contributed by atoms with E-state index in [4.69, 9.17) is 24.4 Å². The number of rotatable bonds is 18. The molecular weight excluding hydrogens is 468 g/mol. The highest BCUT2D eigenvalue weighted by atomic mass is 16.4. The van der Waals surface area contributed by atoms with Crippen molar-refractivity contribution in [2.45, 2.75) is 57.4 Å². The minimum Gasteiger partial charge on any atom is -0.481 e. The van der Waals surface area contributed by atoms with Gasteiger partial charge >= 0.3 is 5.97 Å². The number of nitrogens with one attached hydrogen (secondary N) is 4. The monoisotopic (exact) mass is 500 g/mol. The van der Waals surface area contributed by atoms with Crippen LogP contribution >= 0.6 is 0 Å². The number of aliphatic carboxylic acids is 1. The van der Waals surface area contributed by atoms with Gasteiger partial charge in [0.25, 0.3) is 0 Å². The van der Waals surface area contributed by atoms with Crippen molar-refractivity contribution in [2.75, 3.05) is 19.6 Å². The van der Waals surface area contributed by atoms with E-state index in [0.29, 0.717) is 0 Å². The van der Waals surface area contributed by atoms with Gasteiger partial charge in [-0.2, -0.15) is 0 Å². The second kappa shape index (κ2) is 19.1. The summed E-state index contributed by atoms with van der Waals surface area (Å²) in [6.07, 6.45) is 14.5. The van der Waals surface area contributed by atoms with E-state index in [1.54, 1.807) is 0 Å². The van der Waals surface area contributed by atoms with Crippen LogP contribution in [0.2, 0.25) is 0 Å². The molecule has 0 radical (unpaired) electrons. The fraction of sp³-hybridized carbons (Fsp3) is 0.520. The number of Topliss-reactive ketones (excluding diaryl/α,β-unsaturated/α-hetero) is 1. The van der Waals surface area contributed by atoms with Gasteiger partial charge in [0.2, 0.25) is 23.6 Å². The third kappa shape index (κ3) is 15.5. The zero-order chi connectivity index (χ0) is 27.3. The lowest BCUT2D eigenvalue weighted by molar-refractivity contribution is -0.137. The Hall–Kier alpha value is -4.30. The molecule has 4 amide bonds. The van der Waals surface area contributed by atoms with Crippen molar-refractivity contribution in [2.24, 2.45) is 5.92 Å². The smallest absolute Gasteiger partial charge is 0.303 e. The Labute approximate surface area is 210 Å².